The molecule has 0 radical (unpaired) electrons. The van der Waals surface area contributed by atoms with Gasteiger partial charge < -0.3 is 19.3 Å². The number of hydrogen-bond donors (Lipinski definition) is 1. The maximum absolute atomic E-state index is 9.30. The van der Waals surface area contributed by atoms with Gasteiger partial charge in [-0.15, -0.1) is 5.26 Å². The summed E-state index contributed by atoms with van der Waals surface area (Å²) in [5, 5.41) is 18.3. The van der Waals surface area contributed by atoms with Crippen LogP contribution in [0, 0.1) is 11.5 Å². The van der Waals surface area contributed by atoms with E-state index in [4.69, 9.17) is 31.1 Å². The number of hydrogen-bond acceptors (Lipinski definition) is 5. The molecule has 0 spiro atoms. The molecule has 0 aliphatic carbocycles. The average Bonchev–Trinajstić information content (AvgIpc) is 2.47. The van der Waals surface area contributed by atoms with Crippen LogP contribution in [-0.2, 0) is 6.61 Å². The van der Waals surface area contributed by atoms with Crippen molar-refractivity contribution in [3.8, 4) is 29.3 Å². The predicted octanol–water partition coefficient (Wildman–Crippen LogP) is 3.49. The number of nitrogens with zero attached hydrogens (tertiary/aromatic N) is 1. The first-order valence-corrected chi connectivity index (χ1v) is 6.36. The largest absolute Gasteiger partial charge is 0.508 e. The summed E-state index contributed by atoms with van der Waals surface area (Å²) in [6.45, 7) is 0.103. The van der Waals surface area contributed by atoms with Gasteiger partial charge in [0.15, 0.2) is 5.75 Å². The summed E-state index contributed by atoms with van der Waals surface area (Å²) in [6.07, 6.45) is 1.62. The fourth-order valence-corrected chi connectivity index (χ4v) is 2.01. The average molecular weight is 306 g/mol. The van der Waals surface area contributed by atoms with Crippen LogP contribution in [0.4, 0.5) is 0 Å². The summed E-state index contributed by atoms with van der Waals surface area (Å²) in [4.78, 5) is 0. The standard InChI is InChI=1S/C15H12ClNO4/c1-19-13-3-2-4-14(21-9-17)11(13)8-20-15-6-5-10(18)7-12(15)16/h2-7,18H,8H2,1H3. The van der Waals surface area contributed by atoms with Crippen molar-refractivity contribution in [2.75, 3.05) is 7.11 Å². The van der Waals surface area contributed by atoms with Crippen molar-refractivity contribution in [2.45, 2.75) is 6.61 Å². The number of rotatable bonds is 5. The molecule has 2 rings (SSSR count). The Morgan fingerprint density at radius 1 is 1.19 bits per heavy atom. The number of methoxy groups -OCH3 is 1. The summed E-state index contributed by atoms with van der Waals surface area (Å²) < 4.78 is 15.7. The summed E-state index contributed by atoms with van der Waals surface area (Å²) >= 11 is 5.97. The number of benzene rings is 2. The van der Waals surface area contributed by atoms with Gasteiger partial charge in [0.2, 0.25) is 0 Å². The van der Waals surface area contributed by atoms with Crippen LogP contribution in [-0.4, -0.2) is 12.2 Å². The molecule has 0 saturated heterocycles. The Hall–Kier alpha value is -2.58. The maximum atomic E-state index is 9.30. The summed E-state index contributed by atoms with van der Waals surface area (Å²) in [7, 11) is 1.52. The van der Waals surface area contributed by atoms with Gasteiger partial charge in [0, 0.05) is 6.07 Å². The lowest BCUT2D eigenvalue weighted by atomic mass is 10.2. The highest BCUT2D eigenvalue weighted by Crippen LogP contribution is 2.32. The minimum atomic E-state index is 0.0538. The van der Waals surface area contributed by atoms with Gasteiger partial charge in [-0.05, 0) is 24.3 Å². The first-order valence-electron chi connectivity index (χ1n) is 5.99. The molecule has 0 bridgehead atoms. The van der Waals surface area contributed by atoms with Crippen molar-refractivity contribution in [3.63, 3.8) is 0 Å². The van der Waals surface area contributed by atoms with E-state index >= 15 is 0 Å². The zero-order chi connectivity index (χ0) is 15.2. The first kappa shape index (κ1) is 14.8. The second kappa shape index (κ2) is 6.73. The molecule has 108 valence electrons. The van der Waals surface area contributed by atoms with E-state index in [0.717, 1.165) is 0 Å². The van der Waals surface area contributed by atoms with E-state index in [-0.39, 0.29) is 17.4 Å². The van der Waals surface area contributed by atoms with E-state index < -0.39 is 0 Å². The van der Waals surface area contributed by atoms with Gasteiger partial charge >= 0.3 is 0 Å². The van der Waals surface area contributed by atoms with Gasteiger partial charge in [0.05, 0.1) is 17.7 Å². The highest BCUT2D eigenvalue weighted by molar-refractivity contribution is 6.32. The van der Waals surface area contributed by atoms with E-state index in [1.165, 1.54) is 19.2 Å². The maximum Gasteiger partial charge on any atom is 0.292 e. The van der Waals surface area contributed by atoms with Crippen LogP contribution in [0.3, 0.4) is 0 Å². The number of aromatic hydroxyl groups is 1. The molecule has 0 aliphatic rings. The van der Waals surface area contributed by atoms with E-state index in [1.54, 1.807) is 30.5 Å². The molecule has 5 nitrogen and oxygen atoms in total. The molecule has 2 aromatic carbocycles. The summed E-state index contributed by atoms with van der Waals surface area (Å²) in [5.74, 6) is 1.35. The second-order valence-corrected chi connectivity index (χ2v) is 4.44. The molecule has 2 aromatic rings. The fraction of sp³-hybridized carbons (Fsp3) is 0.133. The minimum Gasteiger partial charge on any atom is -0.508 e. The SMILES string of the molecule is COc1cccc(OC#N)c1COc1ccc(O)cc1Cl. The van der Waals surface area contributed by atoms with Crippen molar-refractivity contribution < 1.29 is 19.3 Å². The van der Waals surface area contributed by atoms with Crippen molar-refractivity contribution in [1.82, 2.24) is 0 Å². The zero-order valence-corrected chi connectivity index (χ0v) is 11.9. The molecule has 0 amide bonds. The van der Waals surface area contributed by atoms with Gasteiger partial charge in [-0.25, -0.2) is 0 Å². The van der Waals surface area contributed by atoms with Crippen LogP contribution in [0.5, 0.6) is 23.0 Å². The lowest BCUT2D eigenvalue weighted by Gasteiger charge is -2.13. The monoisotopic (exact) mass is 305 g/mol. The first-order chi connectivity index (χ1) is 10.2. The Kier molecular flexibility index (Phi) is 4.75. The number of phenolic OH excluding ortho intramolecular Hbond substituents is 1. The van der Waals surface area contributed by atoms with Crippen LogP contribution >= 0.6 is 11.6 Å². The highest BCUT2D eigenvalue weighted by Gasteiger charge is 2.12. The van der Waals surface area contributed by atoms with Gasteiger partial charge in [0.1, 0.15) is 23.9 Å². The van der Waals surface area contributed by atoms with E-state index in [0.29, 0.717) is 22.8 Å². The topological polar surface area (TPSA) is 71.7 Å². The van der Waals surface area contributed by atoms with Crippen LogP contribution in [0.1, 0.15) is 5.56 Å². The Morgan fingerprint density at radius 2 is 1.95 bits per heavy atom. The summed E-state index contributed by atoms with van der Waals surface area (Å²) in [6, 6.07) is 9.49. The number of nitriles is 1. The van der Waals surface area contributed by atoms with Crippen LogP contribution in [0.25, 0.3) is 0 Å². The molecular weight excluding hydrogens is 294 g/mol. The van der Waals surface area contributed by atoms with Crippen molar-refractivity contribution in [2.24, 2.45) is 0 Å². The van der Waals surface area contributed by atoms with Crippen molar-refractivity contribution in [1.29, 1.82) is 5.26 Å². The minimum absolute atomic E-state index is 0.0538. The smallest absolute Gasteiger partial charge is 0.292 e. The van der Waals surface area contributed by atoms with E-state index in [9.17, 15) is 5.11 Å². The quantitative estimate of drug-likeness (QED) is 0.856. The molecule has 0 heterocycles. The molecule has 6 heteroatoms. The zero-order valence-electron chi connectivity index (χ0n) is 11.2. The molecule has 0 fully saturated rings. The van der Waals surface area contributed by atoms with Gasteiger partial charge in [-0.2, -0.15) is 0 Å². The molecular formula is C15H12ClNO4. The van der Waals surface area contributed by atoms with Crippen LogP contribution in [0.15, 0.2) is 36.4 Å². The van der Waals surface area contributed by atoms with Crippen LogP contribution < -0.4 is 14.2 Å². The molecule has 0 saturated carbocycles. The number of halogens is 1. The molecule has 0 atom stereocenters. The fourth-order valence-electron chi connectivity index (χ4n) is 1.78. The Balaban J connectivity index is 2.24. The molecule has 0 unspecified atom stereocenters. The van der Waals surface area contributed by atoms with Crippen LogP contribution in [0.2, 0.25) is 5.02 Å². The van der Waals surface area contributed by atoms with Gasteiger partial charge in [-0.3, -0.25) is 0 Å². The molecule has 21 heavy (non-hydrogen) atoms. The lowest BCUT2D eigenvalue weighted by molar-refractivity contribution is 0.290. The summed E-state index contributed by atoms with van der Waals surface area (Å²) in [5.41, 5.74) is 0.589. The third-order valence-electron chi connectivity index (χ3n) is 2.75. The second-order valence-electron chi connectivity index (χ2n) is 4.03. The van der Waals surface area contributed by atoms with Crippen molar-refractivity contribution >= 4 is 11.6 Å². The van der Waals surface area contributed by atoms with Gasteiger partial charge in [0.25, 0.3) is 6.26 Å². The molecule has 0 aromatic heterocycles. The normalized spacial score (nSPS) is 9.76. The number of ether oxygens (including phenoxy) is 3. The third-order valence-corrected chi connectivity index (χ3v) is 3.05. The Labute approximate surface area is 126 Å². The highest BCUT2D eigenvalue weighted by atomic mass is 35.5. The van der Waals surface area contributed by atoms with Crippen molar-refractivity contribution in [3.05, 3.63) is 47.0 Å². The molecule has 0 aliphatic heterocycles. The van der Waals surface area contributed by atoms with E-state index in [1.807, 2.05) is 0 Å². The Bertz CT molecular complexity index is 682. The van der Waals surface area contributed by atoms with E-state index in [2.05, 4.69) is 0 Å². The lowest BCUT2D eigenvalue weighted by Crippen LogP contribution is -2.01. The number of phenols is 1. The predicted molar refractivity (Wildman–Crippen MR) is 76.7 cm³/mol. The third kappa shape index (κ3) is 3.50. The van der Waals surface area contributed by atoms with Gasteiger partial charge in [-0.1, -0.05) is 17.7 Å². The molecule has 1 N–H and O–H groups in total. The Morgan fingerprint density at radius 3 is 2.62 bits per heavy atom.